The molecule has 1 aliphatic heterocycles. The van der Waals surface area contributed by atoms with Crippen molar-refractivity contribution < 1.29 is 23.8 Å². The van der Waals surface area contributed by atoms with Gasteiger partial charge in [0.05, 0.1) is 11.1 Å². The Morgan fingerprint density at radius 3 is 2.25 bits per heavy atom. The standard InChI is InChI=1S/C23H21N3O6/c24-19-11-12-26(23(29)25-19)20-13-17(32-22(28)16-9-5-2-6-10-16)18(31-20)14-30-21(27)15-7-3-1-4-8-15/h1-12,17-18,20H,13-14H2,(H2,24,25,29)/t17-,18+,20+/m0/s1/i14+1. The first-order valence-corrected chi connectivity index (χ1v) is 9.99. The van der Waals surface area contributed by atoms with Crippen LogP contribution in [0.2, 0.25) is 0 Å². The van der Waals surface area contributed by atoms with Gasteiger partial charge in [0.15, 0.2) is 0 Å². The highest BCUT2D eigenvalue weighted by atomic mass is 16.6. The Balaban J connectivity index is 1.50. The second-order valence-corrected chi connectivity index (χ2v) is 7.18. The van der Waals surface area contributed by atoms with Gasteiger partial charge in [-0.2, -0.15) is 4.98 Å². The van der Waals surface area contributed by atoms with Crippen molar-refractivity contribution in [3.8, 4) is 0 Å². The molecule has 1 fully saturated rings. The third-order valence-corrected chi connectivity index (χ3v) is 5.00. The van der Waals surface area contributed by atoms with Gasteiger partial charge in [-0.05, 0) is 30.3 Å². The summed E-state index contributed by atoms with van der Waals surface area (Å²) in [6, 6.07) is 18.5. The van der Waals surface area contributed by atoms with E-state index in [0.717, 1.165) is 0 Å². The van der Waals surface area contributed by atoms with Gasteiger partial charge in [0.2, 0.25) is 0 Å². The highest BCUT2D eigenvalue weighted by molar-refractivity contribution is 5.90. The van der Waals surface area contributed by atoms with Gasteiger partial charge < -0.3 is 19.9 Å². The van der Waals surface area contributed by atoms with E-state index in [1.165, 1.54) is 16.8 Å². The molecule has 1 saturated heterocycles. The van der Waals surface area contributed by atoms with E-state index in [0.29, 0.717) is 11.1 Å². The molecule has 4 rings (SSSR count). The maximum Gasteiger partial charge on any atom is 0.351 e. The molecule has 9 heteroatoms. The molecule has 2 N–H and O–H groups in total. The van der Waals surface area contributed by atoms with E-state index in [-0.39, 0.29) is 18.8 Å². The van der Waals surface area contributed by atoms with Crippen molar-refractivity contribution >= 4 is 17.8 Å². The predicted molar refractivity (Wildman–Crippen MR) is 114 cm³/mol. The lowest BCUT2D eigenvalue weighted by Gasteiger charge is -2.19. The molecule has 3 aromatic rings. The molecule has 1 aliphatic rings. The minimum Gasteiger partial charge on any atom is -0.459 e. The Morgan fingerprint density at radius 1 is 1.00 bits per heavy atom. The molecule has 0 spiro atoms. The minimum absolute atomic E-state index is 0.0876. The quantitative estimate of drug-likeness (QED) is 0.461. The van der Waals surface area contributed by atoms with Gasteiger partial charge in [-0.15, -0.1) is 0 Å². The van der Waals surface area contributed by atoms with Crippen molar-refractivity contribution in [2.75, 3.05) is 12.3 Å². The highest BCUT2D eigenvalue weighted by Gasteiger charge is 2.40. The summed E-state index contributed by atoms with van der Waals surface area (Å²) in [5.41, 5.74) is 5.73. The van der Waals surface area contributed by atoms with Crippen LogP contribution in [0.15, 0.2) is 77.7 Å². The molecule has 0 radical (unpaired) electrons. The van der Waals surface area contributed by atoms with Crippen molar-refractivity contribution in [3.05, 3.63) is 94.5 Å². The largest absolute Gasteiger partial charge is 0.459 e. The maximum absolute atomic E-state index is 12.6. The van der Waals surface area contributed by atoms with E-state index in [9.17, 15) is 14.4 Å². The van der Waals surface area contributed by atoms with Gasteiger partial charge in [0.1, 0.15) is 30.9 Å². The van der Waals surface area contributed by atoms with Gasteiger partial charge in [-0.3, -0.25) is 4.57 Å². The summed E-state index contributed by atoms with van der Waals surface area (Å²) in [6.45, 7) is -0.159. The third-order valence-electron chi connectivity index (χ3n) is 5.00. The van der Waals surface area contributed by atoms with Crippen LogP contribution < -0.4 is 11.4 Å². The van der Waals surface area contributed by atoms with E-state index in [2.05, 4.69) is 4.98 Å². The monoisotopic (exact) mass is 436 g/mol. The lowest BCUT2D eigenvalue weighted by atomic mass is 10.2. The molecule has 0 bridgehead atoms. The zero-order chi connectivity index (χ0) is 22.5. The molecule has 0 amide bonds. The van der Waals surface area contributed by atoms with Crippen LogP contribution in [0.1, 0.15) is 33.4 Å². The molecule has 1 aromatic heterocycles. The lowest BCUT2D eigenvalue weighted by molar-refractivity contribution is -0.0582. The van der Waals surface area contributed by atoms with Crippen LogP contribution in [0.5, 0.6) is 0 Å². The molecule has 0 aliphatic carbocycles. The van der Waals surface area contributed by atoms with Crippen LogP contribution >= 0.6 is 0 Å². The summed E-state index contributed by atoms with van der Waals surface area (Å²) < 4.78 is 18.2. The molecule has 32 heavy (non-hydrogen) atoms. The second-order valence-electron chi connectivity index (χ2n) is 7.18. The van der Waals surface area contributed by atoms with Crippen molar-refractivity contribution in [2.24, 2.45) is 0 Å². The topological polar surface area (TPSA) is 123 Å². The summed E-state index contributed by atoms with van der Waals surface area (Å²) >= 11 is 0. The maximum atomic E-state index is 12.6. The Bertz CT molecular complexity index is 1150. The molecule has 0 unspecified atom stereocenters. The number of nitrogens with zero attached hydrogens (tertiary/aromatic N) is 2. The average molecular weight is 436 g/mol. The van der Waals surface area contributed by atoms with E-state index >= 15 is 0 Å². The fraction of sp³-hybridized carbons (Fsp3) is 0.217. The zero-order valence-corrected chi connectivity index (χ0v) is 17.0. The van der Waals surface area contributed by atoms with E-state index in [4.69, 9.17) is 19.9 Å². The highest BCUT2D eigenvalue weighted by Crippen LogP contribution is 2.31. The Hall–Kier alpha value is -3.98. The SMILES string of the molecule is Nc1ccn([C@H]2C[C@H](OC(=O)c3ccccc3)[C@@H]([13CH2]OC(=O)c3ccccc3)O2)c(=O)n1. The number of anilines is 1. The van der Waals surface area contributed by atoms with Crippen molar-refractivity contribution in [2.45, 2.75) is 24.9 Å². The molecule has 2 heterocycles. The number of carbonyl (C=O) groups excluding carboxylic acids is 2. The molecule has 164 valence electrons. The summed E-state index contributed by atoms with van der Waals surface area (Å²) in [4.78, 5) is 40.8. The van der Waals surface area contributed by atoms with Gasteiger partial charge in [-0.25, -0.2) is 14.4 Å². The zero-order valence-electron chi connectivity index (χ0n) is 17.0. The number of ether oxygens (including phenoxy) is 3. The normalized spacial score (nSPS) is 19.9. The number of rotatable bonds is 6. The van der Waals surface area contributed by atoms with Gasteiger partial charge in [-0.1, -0.05) is 36.4 Å². The predicted octanol–water partition coefficient (Wildman–Crippen LogP) is 2.20. The Kier molecular flexibility index (Phi) is 6.27. The molecule has 3 atom stereocenters. The Labute approximate surface area is 183 Å². The van der Waals surface area contributed by atoms with Gasteiger partial charge in [0.25, 0.3) is 0 Å². The number of benzene rings is 2. The first-order valence-electron chi connectivity index (χ1n) is 9.99. The minimum atomic E-state index is -0.773. The summed E-state index contributed by atoms with van der Waals surface area (Å²) in [5, 5.41) is 0. The lowest BCUT2D eigenvalue weighted by Crippen LogP contribution is -2.32. The van der Waals surface area contributed by atoms with Gasteiger partial charge in [0, 0.05) is 12.6 Å². The number of hydrogen-bond donors (Lipinski definition) is 1. The first-order chi connectivity index (χ1) is 15.5. The van der Waals surface area contributed by atoms with Crippen molar-refractivity contribution in [3.63, 3.8) is 0 Å². The van der Waals surface area contributed by atoms with Crippen LogP contribution in [-0.2, 0) is 14.2 Å². The third kappa shape index (κ3) is 4.84. The molecule has 0 saturated carbocycles. The van der Waals surface area contributed by atoms with Crippen molar-refractivity contribution in [1.82, 2.24) is 9.55 Å². The first kappa shape index (κ1) is 21.3. The van der Waals surface area contributed by atoms with E-state index in [1.807, 2.05) is 0 Å². The van der Waals surface area contributed by atoms with Crippen molar-refractivity contribution in [1.29, 1.82) is 0 Å². The van der Waals surface area contributed by atoms with Gasteiger partial charge >= 0.3 is 17.6 Å². The fourth-order valence-corrected chi connectivity index (χ4v) is 3.39. The molecule has 9 nitrogen and oxygen atoms in total. The number of esters is 2. The summed E-state index contributed by atoms with van der Waals surface area (Å²) in [5.74, 6) is -0.983. The summed E-state index contributed by atoms with van der Waals surface area (Å²) in [7, 11) is 0. The van der Waals surface area contributed by atoms with Crippen LogP contribution in [0.4, 0.5) is 5.82 Å². The van der Waals surface area contributed by atoms with E-state index < -0.39 is 36.1 Å². The Morgan fingerprint density at radius 2 is 1.62 bits per heavy atom. The summed E-state index contributed by atoms with van der Waals surface area (Å²) in [6.07, 6.45) is -0.642. The molecular formula is C23H21N3O6. The number of aromatic nitrogens is 2. The fourth-order valence-electron chi connectivity index (χ4n) is 3.39. The van der Waals surface area contributed by atoms with Crippen LogP contribution in [-0.4, -0.2) is 40.3 Å². The number of nitrogens with two attached hydrogens (primary N) is 1. The number of hydrogen-bond acceptors (Lipinski definition) is 8. The number of carbonyl (C=O) groups is 2. The smallest absolute Gasteiger partial charge is 0.351 e. The second kappa shape index (κ2) is 9.44. The average Bonchev–Trinajstić information content (AvgIpc) is 3.20. The van der Waals surface area contributed by atoms with Crippen LogP contribution in [0, 0.1) is 0 Å². The van der Waals surface area contributed by atoms with E-state index in [1.54, 1.807) is 60.7 Å². The number of nitrogen functional groups attached to an aromatic ring is 1. The van der Waals surface area contributed by atoms with Crippen LogP contribution in [0.25, 0.3) is 0 Å². The van der Waals surface area contributed by atoms with Crippen LogP contribution in [0.3, 0.4) is 0 Å². The molecule has 2 aromatic carbocycles. The molecular weight excluding hydrogens is 415 g/mol.